The quantitative estimate of drug-likeness (QED) is 0.608. The summed E-state index contributed by atoms with van der Waals surface area (Å²) in [4.78, 5) is 10.4. The lowest BCUT2D eigenvalue weighted by Gasteiger charge is -2.13. The number of hydrogen-bond donors (Lipinski definition) is 1. The van der Waals surface area contributed by atoms with Crippen molar-refractivity contribution in [3.63, 3.8) is 0 Å². The van der Waals surface area contributed by atoms with E-state index in [0.29, 0.717) is 17.6 Å². The highest BCUT2D eigenvalue weighted by Crippen LogP contribution is 2.35. The standard InChI is InChI=1S/C11H14N2O2/c1-8(9-6-7-9)12-10-4-2-3-5-11(10)13(14)15/h2-5,8-9,12H,6-7H2,1H3. The summed E-state index contributed by atoms with van der Waals surface area (Å²) in [5, 5.41) is 14.0. The van der Waals surface area contributed by atoms with E-state index in [1.54, 1.807) is 12.1 Å². The predicted molar refractivity (Wildman–Crippen MR) is 58.9 cm³/mol. The van der Waals surface area contributed by atoms with Crippen molar-refractivity contribution >= 4 is 11.4 Å². The molecule has 0 heterocycles. The first kappa shape index (κ1) is 9.96. The number of nitro benzene ring substituents is 1. The summed E-state index contributed by atoms with van der Waals surface area (Å²) in [5.41, 5.74) is 0.784. The van der Waals surface area contributed by atoms with Crippen LogP contribution in [0.5, 0.6) is 0 Å². The minimum atomic E-state index is -0.345. The highest BCUT2D eigenvalue weighted by atomic mass is 16.6. The molecule has 1 aromatic rings. The van der Waals surface area contributed by atoms with Crippen LogP contribution in [-0.4, -0.2) is 11.0 Å². The fraction of sp³-hybridized carbons (Fsp3) is 0.455. The van der Waals surface area contributed by atoms with Crippen LogP contribution in [0.4, 0.5) is 11.4 Å². The van der Waals surface area contributed by atoms with Gasteiger partial charge < -0.3 is 5.32 Å². The van der Waals surface area contributed by atoms with Gasteiger partial charge in [-0.05, 0) is 31.7 Å². The second-order valence-electron chi connectivity index (χ2n) is 4.04. The number of anilines is 1. The summed E-state index contributed by atoms with van der Waals surface area (Å²) in [7, 11) is 0. The van der Waals surface area contributed by atoms with Crippen LogP contribution in [0.25, 0.3) is 0 Å². The molecule has 0 amide bonds. The Kier molecular flexibility index (Phi) is 2.58. The number of nitrogens with zero attached hydrogens (tertiary/aromatic N) is 1. The smallest absolute Gasteiger partial charge is 0.292 e. The summed E-state index contributed by atoms with van der Waals surface area (Å²) < 4.78 is 0. The fourth-order valence-electron chi connectivity index (χ4n) is 1.71. The molecule has 0 aromatic heterocycles. The van der Waals surface area contributed by atoms with Crippen LogP contribution in [0.2, 0.25) is 0 Å². The molecule has 1 aliphatic rings. The highest BCUT2D eigenvalue weighted by Gasteiger charge is 2.28. The third kappa shape index (κ3) is 2.26. The topological polar surface area (TPSA) is 55.2 Å². The zero-order chi connectivity index (χ0) is 10.8. The Labute approximate surface area is 88.5 Å². The molecule has 80 valence electrons. The van der Waals surface area contributed by atoms with Gasteiger partial charge >= 0.3 is 0 Å². The summed E-state index contributed by atoms with van der Waals surface area (Å²) in [6, 6.07) is 7.12. The Morgan fingerprint density at radius 2 is 2.13 bits per heavy atom. The Morgan fingerprint density at radius 1 is 1.47 bits per heavy atom. The van der Waals surface area contributed by atoms with E-state index >= 15 is 0 Å². The van der Waals surface area contributed by atoms with Gasteiger partial charge in [0.15, 0.2) is 0 Å². The Balaban J connectivity index is 2.15. The van der Waals surface area contributed by atoms with Crippen LogP contribution >= 0.6 is 0 Å². The van der Waals surface area contributed by atoms with Crippen molar-refractivity contribution in [1.29, 1.82) is 0 Å². The lowest BCUT2D eigenvalue weighted by atomic mass is 10.2. The molecule has 4 nitrogen and oxygen atoms in total. The van der Waals surface area contributed by atoms with Crippen LogP contribution in [0, 0.1) is 16.0 Å². The number of para-hydroxylation sites is 2. The lowest BCUT2D eigenvalue weighted by Crippen LogP contribution is -2.17. The minimum absolute atomic E-state index is 0.157. The van der Waals surface area contributed by atoms with Crippen LogP contribution in [0.15, 0.2) is 24.3 Å². The monoisotopic (exact) mass is 206 g/mol. The maximum Gasteiger partial charge on any atom is 0.292 e. The van der Waals surface area contributed by atoms with Gasteiger partial charge in [-0.25, -0.2) is 0 Å². The number of benzene rings is 1. The molecule has 0 spiro atoms. The molecule has 1 atom stereocenters. The molecular weight excluding hydrogens is 192 g/mol. The molecular formula is C11H14N2O2. The Bertz CT molecular complexity index is 375. The van der Waals surface area contributed by atoms with E-state index in [9.17, 15) is 10.1 Å². The number of nitrogens with one attached hydrogen (secondary N) is 1. The normalized spacial score (nSPS) is 17.1. The summed E-state index contributed by atoms with van der Waals surface area (Å²) in [6.07, 6.45) is 2.46. The molecule has 4 heteroatoms. The maximum absolute atomic E-state index is 10.8. The van der Waals surface area contributed by atoms with Gasteiger partial charge in [0, 0.05) is 12.1 Å². The first-order valence-electron chi connectivity index (χ1n) is 5.18. The maximum atomic E-state index is 10.8. The van der Waals surface area contributed by atoms with Gasteiger partial charge in [-0.1, -0.05) is 12.1 Å². The van der Waals surface area contributed by atoms with Crippen molar-refractivity contribution in [1.82, 2.24) is 0 Å². The van der Waals surface area contributed by atoms with Gasteiger partial charge in [-0.15, -0.1) is 0 Å². The minimum Gasteiger partial charge on any atom is -0.377 e. The van der Waals surface area contributed by atoms with Crippen LogP contribution in [-0.2, 0) is 0 Å². The fourth-order valence-corrected chi connectivity index (χ4v) is 1.71. The molecule has 1 N–H and O–H groups in total. The second-order valence-corrected chi connectivity index (χ2v) is 4.04. The van der Waals surface area contributed by atoms with E-state index in [1.165, 1.54) is 18.9 Å². The van der Waals surface area contributed by atoms with Crippen molar-refractivity contribution in [2.45, 2.75) is 25.8 Å². The van der Waals surface area contributed by atoms with Crippen molar-refractivity contribution in [3.05, 3.63) is 34.4 Å². The van der Waals surface area contributed by atoms with Crippen molar-refractivity contribution in [2.24, 2.45) is 5.92 Å². The van der Waals surface area contributed by atoms with Gasteiger partial charge in [0.25, 0.3) is 5.69 Å². The molecule has 15 heavy (non-hydrogen) atoms. The zero-order valence-corrected chi connectivity index (χ0v) is 8.64. The van der Waals surface area contributed by atoms with E-state index in [-0.39, 0.29) is 10.6 Å². The Hall–Kier alpha value is -1.58. The zero-order valence-electron chi connectivity index (χ0n) is 8.64. The van der Waals surface area contributed by atoms with Crippen LogP contribution < -0.4 is 5.32 Å². The average Bonchev–Trinajstić information content (AvgIpc) is 3.01. The largest absolute Gasteiger partial charge is 0.377 e. The van der Waals surface area contributed by atoms with E-state index < -0.39 is 0 Å². The van der Waals surface area contributed by atoms with Crippen LogP contribution in [0.3, 0.4) is 0 Å². The molecule has 1 aliphatic carbocycles. The lowest BCUT2D eigenvalue weighted by molar-refractivity contribution is -0.384. The Morgan fingerprint density at radius 3 is 2.73 bits per heavy atom. The summed E-state index contributed by atoms with van der Waals surface area (Å²) in [6.45, 7) is 2.08. The average molecular weight is 206 g/mol. The molecule has 1 fully saturated rings. The molecule has 0 saturated heterocycles. The van der Waals surface area contributed by atoms with E-state index in [4.69, 9.17) is 0 Å². The van der Waals surface area contributed by atoms with Gasteiger partial charge in [0.2, 0.25) is 0 Å². The second kappa shape index (κ2) is 3.88. The van der Waals surface area contributed by atoms with E-state index in [2.05, 4.69) is 12.2 Å². The van der Waals surface area contributed by atoms with Crippen molar-refractivity contribution < 1.29 is 4.92 Å². The molecule has 0 radical (unpaired) electrons. The molecule has 1 unspecified atom stereocenters. The molecule has 0 bridgehead atoms. The molecule has 1 aromatic carbocycles. The third-order valence-corrected chi connectivity index (χ3v) is 2.81. The van der Waals surface area contributed by atoms with Gasteiger partial charge in [0.05, 0.1) is 4.92 Å². The molecule has 2 rings (SSSR count). The van der Waals surface area contributed by atoms with Crippen LogP contribution in [0.1, 0.15) is 19.8 Å². The number of rotatable bonds is 4. The van der Waals surface area contributed by atoms with E-state index in [0.717, 1.165) is 0 Å². The summed E-state index contributed by atoms with van der Waals surface area (Å²) >= 11 is 0. The summed E-state index contributed by atoms with van der Waals surface area (Å²) in [5.74, 6) is 0.685. The third-order valence-electron chi connectivity index (χ3n) is 2.81. The highest BCUT2D eigenvalue weighted by molar-refractivity contribution is 5.61. The van der Waals surface area contributed by atoms with Crippen molar-refractivity contribution in [2.75, 3.05) is 5.32 Å². The van der Waals surface area contributed by atoms with Gasteiger partial charge in [0.1, 0.15) is 5.69 Å². The van der Waals surface area contributed by atoms with Gasteiger partial charge in [-0.2, -0.15) is 0 Å². The first-order valence-corrected chi connectivity index (χ1v) is 5.18. The molecule has 0 aliphatic heterocycles. The SMILES string of the molecule is CC(Nc1ccccc1[N+](=O)[O-])C1CC1. The van der Waals surface area contributed by atoms with Gasteiger partial charge in [-0.3, -0.25) is 10.1 Å². The predicted octanol–water partition coefficient (Wildman–Crippen LogP) is 2.81. The number of nitro groups is 1. The number of hydrogen-bond acceptors (Lipinski definition) is 3. The van der Waals surface area contributed by atoms with Crippen molar-refractivity contribution in [3.8, 4) is 0 Å². The van der Waals surface area contributed by atoms with E-state index in [1.807, 2.05) is 6.07 Å². The molecule has 1 saturated carbocycles. The first-order chi connectivity index (χ1) is 7.18.